The zero-order valence-corrected chi connectivity index (χ0v) is 34.9. The summed E-state index contributed by atoms with van der Waals surface area (Å²) >= 11 is 0. The van der Waals surface area contributed by atoms with E-state index in [2.05, 4.69) is 56.5 Å². The number of rotatable bonds is 32. The second-order valence-corrected chi connectivity index (χ2v) is 15.1. The summed E-state index contributed by atoms with van der Waals surface area (Å²) in [6.45, 7) is 7.11. The first-order valence-electron chi connectivity index (χ1n) is 21.2. The molecule has 314 valence electrons. The fourth-order valence-electron chi connectivity index (χ4n) is 6.04. The van der Waals surface area contributed by atoms with Gasteiger partial charge in [-0.1, -0.05) is 181 Å². The fraction of sp³-hybridized carbons (Fsp3) is 0.857. The van der Waals surface area contributed by atoms with E-state index < -0.39 is 42.2 Å². The van der Waals surface area contributed by atoms with E-state index in [0.29, 0.717) is 0 Å². The van der Waals surface area contributed by atoms with Gasteiger partial charge in [-0.3, -0.25) is 0 Å². The van der Waals surface area contributed by atoms with E-state index >= 15 is 0 Å². The average Bonchev–Trinajstić information content (AvgIpc) is 3.12. The Hall–Kier alpha value is -1.43. The van der Waals surface area contributed by atoms with Crippen LogP contribution in [0.5, 0.6) is 5.75 Å². The van der Waals surface area contributed by atoms with Crippen molar-refractivity contribution in [2.24, 2.45) is 0 Å². The van der Waals surface area contributed by atoms with Gasteiger partial charge in [0.1, 0.15) is 0 Å². The van der Waals surface area contributed by atoms with Crippen LogP contribution in [0.25, 0.3) is 0 Å². The lowest BCUT2D eigenvalue weighted by molar-refractivity contribution is 0.263. The van der Waals surface area contributed by atoms with Crippen molar-refractivity contribution >= 4 is 7.32 Å². The minimum atomic E-state index is -2.70. The largest absolute Gasteiger partial charge is 0.707 e. The molecule has 0 unspecified atom stereocenters. The Kier molecular flexibility index (Phi) is 39.3. The molecule has 0 atom stereocenters. The maximum Gasteiger partial charge on any atom is 0.707 e. The zero-order chi connectivity index (χ0) is 40.1. The molecule has 0 aliphatic carbocycles. The lowest BCUT2D eigenvalue weighted by Crippen LogP contribution is -2.23. The normalized spacial score (nSPS) is 11.1. The predicted molar refractivity (Wildman–Crippen MR) is 215 cm³/mol. The molecule has 0 aliphatic heterocycles. The van der Waals surface area contributed by atoms with Crippen molar-refractivity contribution in [3.05, 3.63) is 29.1 Å². The SMILES string of the molecule is CCCCCCCCCCCCCCCCN(C)C.CCCCCCCCCCCCCCCCN(C)C.OB(O)Oc1c(F)c(F)c(F)c(F)c1F. The molecule has 2 N–H and O–H groups in total. The lowest BCUT2D eigenvalue weighted by Gasteiger charge is -2.08. The van der Waals surface area contributed by atoms with Crippen molar-refractivity contribution in [1.29, 1.82) is 0 Å². The number of hydrogen-bond acceptors (Lipinski definition) is 5. The van der Waals surface area contributed by atoms with E-state index in [-0.39, 0.29) is 0 Å². The second-order valence-electron chi connectivity index (χ2n) is 15.1. The van der Waals surface area contributed by atoms with Gasteiger partial charge >= 0.3 is 7.32 Å². The molecule has 5 nitrogen and oxygen atoms in total. The van der Waals surface area contributed by atoms with Gasteiger partial charge in [-0.25, -0.2) is 13.2 Å². The minimum Gasteiger partial charge on any atom is -0.507 e. The Morgan fingerprint density at radius 3 is 0.792 bits per heavy atom. The Bertz CT molecular complexity index is 880. The number of nitrogens with zero attached hydrogens (tertiary/aromatic N) is 2. The summed E-state index contributed by atoms with van der Waals surface area (Å²) in [4.78, 5) is 4.58. The molecule has 11 heteroatoms. The molecule has 1 aromatic carbocycles. The molecule has 0 bridgehead atoms. The Labute approximate surface area is 323 Å². The smallest absolute Gasteiger partial charge is 0.507 e. The van der Waals surface area contributed by atoms with Crippen LogP contribution in [0.1, 0.15) is 194 Å². The van der Waals surface area contributed by atoms with E-state index in [4.69, 9.17) is 10.0 Å². The summed E-state index contributed by atoms with van der Waals surface area (Å²) in [5.74, 6) is -13.1. The third-order valence-corrected chi connectivity index (χ3v) is 9.31. The van der Waals surface area contributed by atoms with Crippen molar-refractivity contribution in [2.75, 3.05) is 41.3 Å². The highest BCUT2D eigenvalue weighted by Crippen LogP contribution is 2.29. The van der Waals surface area contributed by atoms with Gasteiger partial charge in [0.05, 0.1) is 0 Å². The van der Waals surface area contributed by atoms with Crippen molar-refractivity contribution < 1.29 is 36.7 Å². The van der Waals surface area contributed by atoms with Crippen LogP contribution in [0.4, 0.5) is 22.0 Å². The summed E-state index contributed by atoms with van der Waals surface area (Å²) in [5, 5.41) is 16.3. The van der Waals surface area contributed by atoms with Crippen LogP contribution in [0.3, 0.4) is 0 Å². The summed E-state index contributed by atoms with van der Waals surface area (Å²) in [6.07, 6.45) is 40.6. The first kappa shape index (κ1) is 53.7. The molecule has 1 rings (SSSR count). The predicted octanol–water partition coefficient (Wildman–Crippen LogP) is 12.8. The van der Waals surface area contributed by atoms with Crippen LogP contribution in [0.2, 0.25) is 0 Å². The summed E-state index contributed by atoms with van der Waals surface area (Å²) in [7, 11) is 5.98. The lowest BCUT2D eigenvalue weighted by atomic mass is 10.0. The molecule has 0 saturated heterocycles. The van der Waals surface area contributed by atoms with Crippen LogP contribution >= 0.6 is 0 Å². The van der Waals surface area contributed by atoms with Gasteiger partial charge in [-0.2, -0.15) is 8.78 Å². The molecule has 0 heterocycles. The van der Waals surface area contributed by atoms with Gasteiger partial charge in [-0.05, 0) is 54.1 Å². The van der Waals surface area contributed by atoms with Crippen LogP contribution in [0, 0.1) is 29.1 Å². The van der Waals surface area contributed by atoms with Crippen LogP contribution in [-0.4, -0.2) is 68.4 Å². The fourth-order valence-corrected chi connectivity index (χ4v) is 6.04. The van der Waals surface area contributed by atoms with E-state index in [1.54, 1.807) is 0 Å². The molecule has 0 aromatic heterocycles. The Morgan fingerprint density at radius 2 is 0.585 bits per heavy atom. The van der Waals surface area contributed by atoms with Crippen LogP contribution in [0.15, 0.2) is 0 Å². The molecule has 0 amide bonds. The number of halogens is 5. The van der Waals surface area contributed by atoms with Crippen LogP contribution < -0.4 is 4.65 Å². The standard InChI is InChI=1S/2C18H39N.C6H2BF5O3/c2*1-4-5-6-7-8-9-10-11-12-13-14-15-16-17-18-19(2)3;8-1-2(9)4(11)6(15-7(13)14)5(12)3(1)10/h2*4-18H2,1-3H3;13-14H. The van der Waals surface area contributed by atoms with Gasteiger partial charge in [0.2, 0.25) is 29.1 Å². The van der Waals surface area contributed by atoms with Crippen molar-refractivity contribution in [1.82, 2.24) is 9.80 Å². The zero-order valence-electron chi connectivity index (χ0n) is 34.9. The highest BCUT2D eigenvalue weighted by Gasteiger charge is 2.29. The third-order valence-electron chi connectivity index (χ3n) is 9.31. The molecule has 0 spiro atoms. The first-order chi connectivity index (χ1) is 25.4. The molecule has 53 heavy (non-hydrogen) atoms. The van der Waals surface area contributed by atoms with Gasteiger partial charge in [0.15, 0.2) is 5.75 Å². The summed E-state index contributed by atoms with van der Waals surface area (Å²) in [5.41, 5.74) is 0. The number of hydrogen-bond donors (Lipinski definition) is 2. The van der Waals surface area contributed by atoms with Crippen molar-refractivity contribution in [2.45, 2.75) is 194 Å². The molecule has 0 aliphatic rings. The average molecular weight is 767 g/mol. The molecular formula is C42H80BF5N2O3. The Morgan fingerprint density at radius 1 is 0.377 bits per heavy atom. The third kappa shape index (κ3) is 34.8. The molecule has 1 aromatic rings. The molecular weight excluding hydrogens is 686 g/mol. The number of unbranched alkanes of at least 4 members (excludes halogenated alkanes) is 26. The van der Waals surface area contributed by atoms with Crippen molar-refractivity contribution in [3.8, 4) is 5.75 Å². The van der Waals surface area contributed by atoms with Gasteiger partial charge in [0.25, 0.3) is 0 Å². The van der Waals surface area contributed by atoms with Crippen molar-refractivity contribution in [3.63, 3.8) is 0 Å². The highest BCUT2D eigenvalue weighted by molar-refractivity contribution is 6.33. The quantitative estimate of drug-likeness (QED) is 0.0251. The van der Waals surface area contributed by atoms with Gasteiger partial charge < -0.3 is 24.5 Å². The van der Waals surface area contributed by atoms with E-state index in [0.717, 1.165) is 0 Å². The molecule has 0 radical (unpaired) electrons. The summed E-state index contributed by atoms with van der Waals surface area (Å²) < 4.78 is 66.3. The molecule has 0 saturated carbocycles. The summed E-state index contributed by atoms with van der Waals surface area (Å²) in [6, 6.07) is 0. The van der Waals surface area contributed by atoms with E-state index in [1.165, 1.54) is 193 Å². The van der Waals surface area contributed by atoms with E-state index in [1.807, 2.05) is 0 Å². The highest BCUT2D eigenvalue weighted by atomic mass is 19.2. The monoisotopic (exact) mass is 767 g/mol. The first-order valence-corrected chi connectivity index (χ1v) is 21.2. The number of benzene rings is 1. The van der Waals surface area contributed by atoms with Gasteiger partial charge in [0, 0.05) is 0 Å². The maximum atomic E-state index is 12.7. The minimum absolute atomic E-state index is 1.26. The van der Waals surface area contributed by atoms with Gasteiger partial charge in [-0.15, -0.1) is 0 Å². The second kappa shape index (κ2) is 38.8. The Balaban J connectivity index is 0. The molecule has 0 fully saturated rings. The van der Waals surface area contributed by atoms with E-state index in [9.17, 15) is 22.0 Å². The maximum absolute atomic E-state index is 12.7. The van der Waals surface area contributed by atoms with Crippen LogP contribution in [-0.2, 0) is 0 Å². The topological polar surface area (TPSA) is 56.2 Å².